The molecule has 1 unspecified atom stereocenters. The highest BCUT2D eigenvalue weighted by Crippen LogP contribution is 2.31. The van der Waals surface area contributed by atoms with Gasteiger partial charge in [0.25, 0.3) is 0 Å². The van der Waals surface area contributed by atoms with Crippen molar-refractivity contribution in [2.75, 3.05) is 6.61 Å². The first-order chi connectivity index (χ1) is 12.6. The molecule has 0 bridgehead atoms. The van der Waals surface area contributed by atoms with Crippen molar-refractivity contribution in [1.29, 1.82) is 5.26 Å². The Hall–Kier alpha value is -3.39. The lowest BCUT2D eigenvalue weighted by Crippen LogP contribution is -2.26. The second-order valence-electron chi connectivity index (χ2n) is 5.77. The molecule has 5 heteroatoms. The lowest BCUT2D eigenvalue weighted by atomic mass is 10.00. The lowest BCUT2D eigenvalue weighted by molar-refractivity contribution is -0.150. The maximum absolute atomic E-state index is 11.8. The fourth-order valence-corrected chi connectivity index (χ4v) is 2.68. The van der Waals surface area contributed by atoms with Crippen LogP contribution in [-0.4, -0.2) is 23.7 Å². The topological polar surface area (TPSA) is 72.2 Å². The monoisotopic (exact) mass is 346 g/mol. The molecule has 130 valence electrons. The number of esters is 1. The van der Waals surface area contributed by atoms with E-state index in [0.717, 1.165) is 21.9 Å². The van der Waals surface area contributed by atoms with Crippen molar-refractivity contribution in [2.24, 2.45) is 0 Å². The minimum absolute atomic E-state index is 0.318. The Balaban J connectivity index is 1.97. The lowest BCUT2D eigenvalue weighted by Gasteiger charge is -2.14. The van der Waals surface area contributed by atoms with E-state index in [1.54, 1.807) is 38.4 Å². The second kappa shape index (κ2) is 7.66. The van der Waals surface area contributed by atoms with E-state index in [9.17, 15) is 4.79 Å². The summed E-state index contributed by atoms with van der Waals surface area (Å²) in [6, 6.07) is 15.1. The van der Waals surface area contributed by atoms with Gasteiger partial charge in [0.15, 0.2) is 6.10 Å². The van der Waals surface area contributed by atoms with Gasteiger partial charge in [-0.3, -0.25) is 4.98 Å². The number of hydrogen-bond donors (Lipinski definition) is 0. The number of rotatable bonds is 5. The molecule has 0 saturated carbocycles. The van der Waals surface area contributed by atoms with Gasteiger partial charge in [-0.1, -0.05) is 12.1 Å². The first kappa shape index (κ1) is 17.4. The zero-order valence-electron chi connectivity index (χ0n) is 14.6. The number of nitrogens with zero attached hydrogens (tertiary/aromatic N) is 2. The van der Waals surface area contributed by atoms with Gasteiger partial charge in [0.05, 0.1) is 18.2 Å². The molecule has 0 saturated heterocycles. The number of nitriles is 1. The van der Waals surface area contributed by atoms with Crippen LogP contribution in [0.25, 0.3) is 21.9 Å². The summed E-state index contributed by atoms with van der Waals surface area (Å²) in [5, 5.41) is 10.9. The van der Waals surface area contributed by atoms with Crippen LogP contribution in [0, 0.1) is 11.3 Å². The average molecular weight is 346 g/mol. The van der Waals surface area contributed by atoms with E-state index in [1.165, 1.54) is 0 Å². The van der Waals surface area contributed by atoms with Gasteiger partial charge in [-0.25, -0.2) is 4.79 Å². The number of hydrogen-bond acceptors (Lipinski definition) is 5. The molecule has 3 aromatic rings. The number of carbonyl (C=O) groups is 1. The molecule has 2 aromatic carbocycles. The van der Waals surface area contributed by atoms with Gasteiger partial charge < -0.3 is 9.47 Å². The van der Waals surface area contributed by atoms with Crippen molar-refractivity contribution >= 4 is 16.7 Å². The Kier molecular flexibility index (Phi) is 5.14. The summed E-state index contributed by atoms with van der Waals surface area (Å²) in [7, 11) is 0. The zero-order chi connectivity index (χ0) is 18.5. The normalized spacial score (nSPS) is 11.6. The summed E-state index contributed by atoms with van der Waals surface area (Å²) in [5.41, 5.74) is 2.49. The number of ether oxygens (including phenoxy) is 2. The van der Waals surface area contributed by atoms with E-state index in [0.29, 0.717) is 17.9 Å². The van der Waals surface area contributed by atoms with Crippen molar-refractivity contribution in [3.63, 3.8) is 0 Å². The third kappa shape index (κ3) is 3.65. The van der Waals surface area contributed by atoms with E-state index in [2.05, 4.69) is 11.1 Å². The molecule has 5 nitrogen and oxygen atoms in total. The Labute approximate surface area is 151 Å². The highest BCUT2D eigenvalue weighted by molar-refractivity contribution is 5.96. The van der Waals surface area contributed by atoms with Crippen LogP contribution in [-0.2, 0) is 9.53 Å². The minimum Gasteiger partial charge on any atom is -0.479 e. The summed E-state index contributed by atoms with van der Waals surface area (Å²) in [6.45, 7) is 3.74. The largest absolute Gasteiger partial charge is 0.479 e. The smallest absolute Gasteiger partial charge is 0.347 e. The van der Waals surface area contributed by atoms with Crippen molar-refractivity contribution in [2.45, 2.75) is 20.0 Å². The zero-order valence-corrected chi connectivity index (χ0v) is 14.6. The first-order valence-electron chi connectivity index (χ1n) is 8.34. The summed E-state index contributed by atoms with van der Waals surface area (Å²) in [4.78, 5) is 16.1. The molecule has 0 N–H and O–H groups in total. The fourth-order valence-electron chi connectivity index (χ4n) is 2.68. The van der Waals surface area contributed by atoms with Crippen LogP contribution in [0.2, 0.25) is 0 Å². The molecule has 1 heterocycles. The molecule has 0 radical (unpaired) electrons. The SMILES string of the molecule is CCOC(=O)C(C)Oc1ccc2cncc(-c3ccc(C#N)cc3)c2c1. The predicted molar refractivity (Wildman–Crippen MR) is 98.6 cm³/mol. The maximum Gasteiger partial charge on any atom is 0.347 e. The second-order valence-corrected chi connectivity index (χ2v) is 5.77. The van der Waals surface area contributed by atoms with Gasteiger partial charge in [-0.2, -0.15) is 5.26 Å². The van der Waals surface area contributed by atoms with Crippen LogP contribution >= 0.6 is 0 Å². The third-order valence-electron chi connectivity index (χ3n) is 3.99. The number of fused-ring (bicyclic) bond motifs is 1. The molecule has 0 aliphatic heterocycles. The van der Waals surface area contributed by atoms with E-state index in [1.807, 2.05) is 30.3 Å². The Bertz CT molecular complexity index is 975. The minimum atomic E-state index is -0.687. The van der Waals surface area contributed by atoms with Crippen molar-refractivity contribution < 1.29 is 14.3 Å². The van der Waals surface area contributed by atoms with Gasteiger partial charge in [-0.05, 0) is 55.1 Å². The predicted octanol–water partition coefficient (Wildman–Crippen LogP) is 4.10. The molecule has 1 aromatic heterocycles. The van der Waals surface area contributed by atoms with Crippen molar-refractivity contribution in [1.82, 2.24) is 4.98 Å². The van der Waals surface area contributed by atoms with Gasteiger partial charge in [-0.15, -0.1) is 0 Å². The van der Waals surface area contributed by atoms with E-state index < -0.39 is 12.1 Å². The summed E-state index contributed by atoms with van der Waals surface area (Å²) in [6.07, 6.45) is 2.87. The van der Waals surface area contributed by atoms with Gasteiger partial charge >= 0.3 is 5.97 Å². The van der Waals surface area contributed by atoms with E-state index in [4.69, 9.17) is 14.7 Å². The Morgan fingerprint density at radius 3 is 2.65 bits per heavy atom. The quantitative estimate of drug-likeness (QED) is 0.650. The molecule has 0 aliphatic rings. The van der Waals surface area contributed by atoms with Gasteiger partial charge in [0, 0.05) is 23.3 Å². The average Bonchev–Trinajstić information content (AvgIpc) is 2.67. The van der Waals surface area contributed by atoms with E-state index in [-0.39, 0.29) is 0 Å². The molecule has 1 atom stereocenters. The molecule has 0 spiro atoms. The van der Waals surface area contributed by atoms with Crippen molar-refractivity contribution in [3.05, 3.63) is 60.4 Å². The maximum atomic E-state index is 11.8. The van der Waals surface area contributed by atoms with Crippen LogP contribution in [0.1, 0.15) is 19.4 Å². The fraction of sp³-hybridized carbons (Fsp3) is 0.190. The van der Waals surface area contributed by atoms with Crippen LogP contribution in [0.3, 0.4) is 0 Å². The standard InChI is InChI=1S/C21H18N2O3/c1-3-25-21(24)14(2)26-18-9-8-17-12-23-13-20(19(17)10-18)16-6-4-15(11-22)5-7-16/h4-10,12-14H,3H2,1-2H3. The number of pyridine rings is 1. The number of benzene rings is 2. The molecule has 0 aliphatic carbocycles. The third-order valence-corrected chi connectivity index (χ3v) is 3.99. The van der Waals surface area contributed by atoms with E-state index >= 15 is 0 Å². The number of carbonyl (C=O) groups excluding carboxylic acids is 1. The Morgan fingerprint density at radius 2 is 1.96 bits per heavy atom. The van der Waals surface area contributed by atoms with Gasteiger partial charge in [0.1, 0.15) is 5.75 Å². The summed E-state index contributed by atoms with van der Waals surface area (Å²) >= 11 is 0. The summed E-state index contributed by atoms with van der Waals surface area (Å²) < 4.78 is 10.7. The molecule has 0 fully saturated rings. The molecule has 3 rings (SSSR count). The Morgan fingerprint density at radius 1 is 1.19 bits per heavy atom. The summed E-state index contributed by atoms with van der Waals surface area (Å²) in [5.74, 6) is 0.189. The first-order valence-corrected chi connectivity index (χ1v) is 8.34. The highest BCUT2D eigenvalue weighted by atomic mass is 16.6. The molecule has 26 heavy (non-hydrogen) atoms. The van der Waals surface area contributed by atoms with Crippen LogP contribution in [0.5, 0.6) is 5.75 Å². The highest BCUT2D eigenvalue weighted by Gasteiger charge is 2.16. The molecular weight excluding hydrogens is 328 g/mol. The van der Waals surface area contributed by atoms with Crippen LogP contribution in [0.15, 0.2) is 54.9 Å². The van der Waals surface area contributed by atoms with Crippen molar-refractivity contribution in [3.8, 4) is 22.9 Å². The van der Waals surface area contributed by atoms with Crippen LogP contribution in [0.4, 0.5) is 0 Å². The molecular formula is C21H18N2O3. The van der Waals surface area contributed by atoms with Crippen LogP contribution < -0.4 is 4.74 Å². The molecule has 0 amide bonds. The van der Waals surface area contributed by atoms with Gasteiger partial charge in [0.2, 0.25) is 0 Å². The number of aromatic nitrogens is 1.